The molecule has 0 saturated carbocycles. The van der Waals surface area contributed by atoms with Gasteiger partial charge in [0.25, 0.3) is 0 Å². The molecular weight excluding hydrogens is 200 g/mol. The number of carbonyl (C=O) groups is 2. The van der Waals surface area contributed by atoms with Crippen LogP contribution in [0.1, 0.15) is 53.9 Å². The maximum absolute atomic E-state index is 12.3. The molecule has 0 spiro atoms. The first-order valence-corrected chi connectivity index (χ1v) is 6.02. The molecule has 90 valence electrons. The highest BCUT2D eigenvalue weighted by Crippen LogP contribution is 2.41. The van der Waals surface area contributed by atoms with Crippen molar-refractivity contribution in [1.82, 2.24) is 0 Å². The zero-order valence-electron chi connectivity index (χ0n) is 11.0. The topological polar surface area (TPSA) is 34.1 Å². The highest BCUT2D eigenvalue weighted by Gasteiger charge is 2.35. The fourth-order valence-corrected chi connectivity index (χ4v) is 2.57. The van der Waals surface area contributed by atoms with Crippen molar-refractivity contribution in [3.63, 3.8) is 0 Å². The van der Waals surface area contributed by atoms with E-state index in [-0.39, 0.29) is 17.0 Å². The number of carbonyl (C=O) groups excluding carboxylic acids is 2. The number of rotatable bonds is 3. The maximum Gasteiger partial charge on any atom is 0.169 e. The standard InChI is InChI=1S/C14H22O2/c1-9-7-6-8-14(4,5)12(9)13(16)10(2)11(3)15/h10H,6-8H2,1-5H3. The lowest BCUT2D eigenvalue weighted by molar-refractivity contribution is -0.129. The molecule has 1 unspecified atom stereocenters. The van der Waals surface area contributed by atoms with Crippen molar-refractivity contribution < 1.29 is 9.59 Å². The van der Waals surface area contributed by atoms with Gasteiger partial charge >= 0.3 is 0 Å². The van der Waals surface area contributed by atoms with E-state index in [1.54, 1.807) is 6.92 Å². The molecule has 0 amide bonds. The van der Waals surface area contributed by atoms with Crippen LogP contribution in [-0.2, 0) is 9.59 Å². The fraction of sp³-hybridized carbons (Fsp3) is 0.714. The third-order valence-corrected chi connectivity index (χ3v) is 3.71. The van der Waals surface area contributed by atoms with E-state index < -0.39 is 5.92 Å². The van der Waals surface area contributed by atoms with E-state index in [0.29, 0.717) is 0 Å². The molecule has 16 heavy (non-hydrogen) atoms. The van der Waals surface area contributed by atoms with Crippen LogP contribution in [0.3, 0.4) is 0 Å². The Kier molecular flexibility index (Phi) is 3.72. The van der Waals surface area contributed by atoms with Gasteiger partial charge in [0, 0.05) is 5.57 Å². The summed E-state index contributed by atoms with van der Waals surface area (Å²) in [6, 6.07) is 0. The molecule has 1 aliphatic rings. The molecule has 1 atom stereocenters. The van der Waals surface area contributed by atoms with Crippen molar-refractivity contribution in [1.29, 1.82) is 0 Å². The van der Waals surface area contributed by atoms with Crippen molar-refractivity contribution in [2.75, 3.05) is 0 Å². The zero-order chi connectivity index (χ0) is 12.5. The van der Waals surface area contributed by atoms with E-state index in [2.05, 4.69) is 13.8 Å². The molecule has 0 fully saturated rings. The number of hydrogen-bond acceptors (Lipinski definition) is 2. The largest absolute Gasteiger partial charge is 0.299 e. The van der Waals surface area contributed by atoms with Gasteiger partial charge in [-0.15, -0.1) is 0 Å². The van der Waals surface area contributed by atoms with Gasteiger partial charge in [0.15, 0.2) is 5.78 Å². The SMILES string of the molecule is CC(=O)C(C)C(=O)C1=C(C)CCCC1(C)C. The molecule has 2 nitrogen and oxygen atoms in total. The molecule has 0 aromatic carbocycles. The van der Waals surface area contributed by atoms with E-state index in [1.807, 2.05) is 6.92 Å². The van der Waals surface area contributed by atoms with Crippen LogP contribution in [0.25, 0.3) is 0 Å². The summed E-state index contributed by atoms with van der Waals surface area (Å²) >= 11 is 0. The lowest BCUT2D eigenvalue weighted by Crippen LogP contribution is -2.31. The number of Topliss-reactive ketones (excluding diaryl/α,β-unsaturated/α-hetero) is 2. The van der Waals surface area contributed by atoms with E-state index in [0.717, 1.165) is 24.8 Å². The summed E-state index contributed by atoms with van der Waals surface area (Å²) in [4.78, 5) is 23.6. The summed E-state index contributed by atoms with van der Waals surface area (Å²) in [6.07, 6.45) is 3.18. The van der Waals surface area contributed by atoms with E-state index in [4.69, 9.17) is 0 Å². The Bertz CT molecular complexity index is 348. The van der Waals surface area contributed by atoms with Gasteiger partial charge in [-0.05, 0) is 45.4 Å². The average molecular weight is 222 g/mol. The van der Waals surface area contributed by atoms with Crippen molar-refractivity contribution in [2.24, 2.45) is 11.3 Å². The summed E-state index contributed by atoms with van der Waals surface area (Å²) in [5.74, 6) is -0.483. The molecule has 0 radical (unpaired) electrons. The van der Waals surface area contributed by atoms with Gasteiger partial charge in [-0.25, -0.2) is 0 Å². The first-order chi connectivity index (χ1) is 7.27. The van der Waals surface area contributed by atoms with Crippen LogP contribution in [0.5, 0.6) is 0 Å². The number of hydrogen-bond donors (Lipinski definition) is 0. The van der Waals surface area contributed by atoms with Crippen LogP contribution in [0, 0.1) is 11.3 Å². The Morgan fingerprint density at radius 3 is 2.31 bits per heavy atom. The van der Waals surface area contributed by atoms with Gasteiger partial charge in [0.2, 0.25) is 0 Å². The second kappa shape index (κ2) is 4.52. The lowest BCUT2D eigenvalue weighted by Gasteiger charge is -2.34. The van der Waals surface area contributed by atoms with Gasteiger partial charge in [-0.2, -0.15) is 0 Å². The van der Waals surface area contributed by atoms with Crippen LogP contribution < -0.4 is 0 Å². The first kappa shape index (κ1) is 13.1. The smallest absolute Gasteiger partial charge is 0.169 e. The van der Waals surface area contributed by atoms with Crippen LogP contribution in [0.15, 0.2) is 11.1 Å². The molecule has 0 bridgehead atoms. The van der Waals surface area contributed by atoms with Crippen LogP contribution in [0.2, 0.25) is 0 Å². The third-order valence-electron chi connectivity index (χ3n) is 3.71. The molecule has 0 aliphatic heterocycles. The minimum Gasteiger partial charge on any atom is -0.299 e. The molecule has 0 aromatic rings. The summed E-state index contributed by atoms with van der Waals surface area (Å²) in [7, 11) is 0. The summed E-state index contributed by atoms with van der Waals surface area (Å²) in [5, 5.41) is 0. The molecule has 2 heteroatoms. The van der Waals surface area contributed by atoms with Gasteiger partial charge < -0.3 is 0 Å². The summed E-state index contributed by atoms with van der Waals surface area (Å²) < 4.78 is 0. The van der Waals surface area contributed by atoms with Gasteiger partial charge in [0.1, 0.15) is 5.78 Å². The Balaban J connectivity index is 3.09. The molecule has 1 aliphatic carbocycles. The second-order valence-corrected chi connectivity index (χ2v) is 5.59. The van der Waals surface area contributed by atoms with Crippen molar-refractivity contribution >= 4 is 11.6 Å². The van der Waals surface area contributed by atoms with E-state index in [9.17, 15) is 9.59 Å². The monoisotopic (exact) mass is 222 g/mol. The quantitative estimate of drug-likeness (QED) is 0.686. The van der Waals surface area contributed by atoms with Crippen molar-refractivity contribution in [3.8, 4) is 0 Å². The highest BCUT2D eigenvalue weighted by molar-refractivity contribution is 6.10. The van der Waals surface area contributed by atoms with Crippen LogP contribution in [0.4, 0.5) is 0 Å². The minimum absolute atomic E-state index is 0.0355. The lowest BCUT2D eigenvalue weighted by atomic mass is 9.69. The molecule has 0 N–H and O–H groups in total. The van der Waals surface area contributed by atoms with Gasteiger partial charge in [-0.1, -0.05) is 19.4 Å². The average Bonchev–Trinajstić information content (AvgIpc) is 2.14. The van der Waals surface area contributed by atoms with E-state index >= 15 is 0 Å². The molecular formula is C14H22O2. The predicted molar refractivity (Wildman–Crippen MR) is 65.2 cm³/mol. The van der Waals surface area contributed by atoms with Crippen molar-refractivity contribution in [3.05, 3.63) is 11.1 Å². The summed E-state index contributed by atoms with van der Waals surface area (Å²) in [6.45, 7) is 9.45. The number of ketones is 2. The highest BCUT2D eigenvalue weighted by atomic mass is 16.1. The van der Waals surface area contributed by atoms with Gasteiger partial charge in [0.05, 0.1) is 5.92 Å². The number of allylic oxidation sites excluding steroid dienone is 2. The Morgan fingerprint density at radius 2 is 1.88 bits per heavy atom. The molecule has 0 saturated heterocycles. The van der Waals surface area contributed by atoms with Crippen molar-refractivity contribution in [2.45, 2.75) is 53.9 Å². The van der Waals surface area contributed by atoms with E-state index in [1.165, 1.54) is 12.5 Å². The van der Waals surface area contributed by atoms with Gasteiger partial charge in [-0.3, -0.25) is 9.59 Å². The Morgan fingerprint density at radius 1 is 1.31 bits per heavy atom. The Labute approximate surface area is 98.1 Å². The molecule has 0 heterocycles. The van der Waals surface area contributed by atoms with Crippen LogP contribution >= 0.6 is 0 Å². The minimum atomic E-state index is -0.484. The third kappa shape index (κ3) is 2.42. The normalized spacial score (nSPS) is 21.8. The summed E-state index contributed by atoms with van der Waals surface area (Å²) in [5.41, 5.74) is 2.01. The fourth-order valence-electron chi connectivity index (χ4n) is 2.57. The first-order valence-electron chi connectivity index (χ1n) is 6.02. The molecule has 1 rings (SSSR count). The zero-order valence-corrected chi connectivity index (χ0v) is 11.0. The second-order valence-electron chi connectivity index (χ2n) is 5.59. The maximum atomic E-state index is 12.3. The predicted octanol–water partition coefficient (Wildman–Crippen LogP) is 3.31. The van der Waals surface area contributed by atoms with Crippen LogP contribution in [-0.4, -0.2) is 11.6 Å². The Hall–Kier alpha value is -0.920. The molecule has 0 aromatic heterocycles.